The van der Waals surface area contributed by atoms with Crippen molar-refractivity contribution in [2.24, 2.45) is 0 Å². The van der Waals surface area contributed by atoms with Crippen LogP contribution in [0.25, 0.3) is 11.4 Å². The molecule has 0 radical (unpaired) electrons. The average Bonchev–Trinajstić information content (AvgIpc) is 3.45. The number of hydrogen-bond donors (Lipinski definition) is 1. The van der Waals surface area contributed by atoms with Gasteiger partial charge in [-0.1, -0.05) is 35.0 Å². The van der Waals surface area contributed by atoms with Crippen LogP contribution in [-0.2, 0) is 16.1 Å². The Balaban J connectivity index is 1.49. The van der Waals surface area contributed by atoms with Crippen molar-refractivity contribution >= 4 is 57.9 Å². The maximum atomic E-state index is 12.5. The van der Waals surface area contributed by atoms with Crippen LogP contribution in [0.2, 0.25) is 10.0 Å². The Morgan fingerprint density at radius 1 is 1.37 bits per heavy atom. The lowest BCUT2D eigenvalue weighted by molar-refractivity contribution is -0.113. The minimum atomic E-state index is -0.191. The van der Waals surface area contributed by atoms with E-state index in [1.807, 2.05) is 0 Å². The Morgan fingerprint density at radius 2 is 2.23 bits per heavy atom. The van der Waals surface area contributed by atoms with Crippen molar-refractivity contribution in [2.45, 2.75) is 37.6 Å². The summed E-state index contributed by atoms with van der Waals surface area (Å²) in [5.74, 6) is 0.786. The van der Waals surface area contributed by atoms with Gasteiger partial charge >= 0.3 is 0 Å². The van der Waals surface area contributed by atoms with Crippen LogP contribution in [0.4, 0.5) is 5.69 Å². The maximum Gasteiger partial charge on any atom is 0.234 e. The van der Waals surface area contributed by atoms with Gasteiger partial charge in [0.05, 0.1) is 29.1 Å². The van der Waals surface area contributed by atoms with Crippen LogP contribution in [0.5, 0.6) is 0 Å². The van der Waals surface area contributed by atoms with E-state index >= 15 is 0 Å². The van der Waals surface area contributed by atoms with Gasteiger partial charge in [0.25, 0.3) is 0 Å². The molecule has 4 rings (SSSR count). The molecule has 1 amide bonds. The molecule has 0 saturated carbocycles. The lowest BCUT2D eigenvalue weighted by atomic mass is 10.2. The van der Waals surface area contributed by atoms with Crippen molar-refractivity contribution in [1.82, 2.24) is 14.8 Å². The van der Waals surface area contributed by atoms with Crippen LogP contribution in [-0.4, -0.2) is 39.1 Å². The van der Waals surface area contributed by atoms with Gasteiger partial charge in [-0.2, -0.15) is 0 Å². The van der Waals surface area contributed by atoms with Crippen molar-refractivity contribution in [3.8, 4) is 11.4 Å². The molecule has 30 heavy (non-hydrogen) atoms. The van der Waals surface area contributed by atoms with Crippen LogP contribution in [0.3, 0.4) is 0 Å². The van der Waals surface area contributed by atoms with Gasteiger partial charge < -0.3 is 10.1 Å². The molecule has 0 aliphatic carbocycles. The van der Waals surface area contributed by atoms with Gasteiger partial charge in [-0.25, -0.2) is 0 Å². The number of aryl methyl sites for hydroxylation is 1. The first-order valence-corrected chi connectivity index (χ1v) is 12.1. The molecule has 3 heterocycles. The number of thiophene rings is 1. The van der Waals surface area contributed by atoms with Crippen molar-refractivity contribution in [2.75, 3.05) is 17.7 Å². The highest BCUT2D eigenvalue weighted by Gasteiger charge is 2.22. The number of thioether (sulfide) groups is 1. The van der Waals surface area contributed by atoms with E-state index in [0.717, 1.165) is 30.8 Å². The third-order valence-corrected chi connectivity index (χ3v) is 7.04. The number of halogens is 2. The van der Waals surface area contributed by atoms with Gasteiger partial charge in [0.1, 0.15) is 0 Å². The molecule has 2 aromatic heterocycles. The third kappa shape index (κ3) is 5.18. The largest absolute Gasteiger partial charge is 0.376 e. The van der Waals surface area contributed by atoms with E-state index in [1.165, 1.54) is 16.6 Å². The molecular formula is C20H20Cl2N4O2S2. The van der Waals surface area contributed by atoms with E-state index in [1.54, 1.807) is 29.5 Å². The number of rotatable bonds is 7. The molecule has 1 aromatic carbocycles. The molecule has 158 valence electrons. The molecular weight excluding hydrogens is 463 g/mol. The van der Waals surface area contributed by atoms with Crippen molar-refractivity contribution in [3.63, 3.8) is 0 Å². The summed E-state index contributed by atoms with van der Waals surface area (Å²) in [6.45, 7) is 3.52. The smallest absolute Gasteiger partial charge is 0.234 e. The molecule has 1 aliphatic rings. The quantitative estimate of drug-likeness (QED) is 0.448. The zero-order chi connectivity index (χ0) is 21.1. The standard InChI is InChI=1S/C20H20Cl2N4O2S2/c1-12-7-13(10-29-12)19-24-25-20(26(19)9-15-3-2-6-28-15)30-11-18(27)23-17-8-14(21)4-5-16(17)22/h4-5,7-8,10,15H,2-3,6,9,11H2,1H3,(H,23,27). The van der Waals surface area contributed by atoms with E-state index in [0.29, 0.717) is 27.4 Å². The molecule has 1 saturated heterocycles. The lowest BCUT2D eigenvalue weighted by Gasteiger charge is -2.14. The first-order chi connectivity index (χ1) is 14.5. The Bertz CT molecular complexity index is 1050. The van der Waals surface area contributed by atoms with Crippen LogP contribution in [0, 0.1) is 6.92 Å². The van der Waals surface area contributed by atoms with Gasteiger partial charge in [-0.05, 0) is 44.0 Å². The van der Waals surface area contributed by atoms with Crippen LogP contribution < -0.4 is 5.32 Å². The number of benzene rings is 1. The summed E-state index contributed by atoms with van der Waals surface area (Å²) in [6, 6.07) is 7.06. The number of ether oxygens (including phenoxy) is 1. The number of anilines is 1. The summed E-state index contributed by atoms with van der Waals surface area (Å²) >= 11 is 15.1. The summed E-state index contributed by atoms with van der Waals surface area (Å²) < 4.78 is 7.87. The number of carbonyl (C=O) groups excluding carboxylic acids is 1. The maximum absolute atomic E-state index is 12.5. The second-order valence-electron chi connectivity index (χ2n) is 6.96. The normalized spacial score (nSPS) is 16.2. The summed E-state index contributed by atoms with van der Waals surface area (Å²) in [5.41, 5.74) is 1.52. The van der Waals surface area contributed by atoms with Gasteiger partial charge in [-0.15, -0.1) is 21.5 Å². The van der Waals surface area contributed by atoms with Crippen molar-refractivity contribution in [1.29, 1.82) is 0 Å². The molecule has 3 aromatic rings. The topological polar surface area (TPSA) is 69.0 Å². The van der Waals surface area contributed by atoms with Crippen molar-refractivity contribution in [3.05, 3.63) is 44.6 Å². The Hall–Kier alpha value is -1.58. The summed E-state index contributed by atoms with van der Waals surface area (Å²) in [5, 5.41) is 15.3. The number of nitrogens with zero attached hydrogens (tertiary/aromatic N) is 3. The second-order valence-corrected chi connectivity index (χ2v) is 9.86. The van der Waals surface area contributed by atoms with E-state index in [2.05, 4.69) is 38.5 Å². The molecule has 6 nitrogen and oxygen atoms in total. The van der Waals surface area contributed by atoms with E-state index in [4.69, 9.17) is 27.9 Å². The minimum Gasteiger partial charge on any atom is -0.376 e. The predicted molar refractivity (Wildman–Crippen MR) is 123 cm³/mol. The Labute approximate surface area is 192 Å². The lowest BCUT2D eigenvalue weighted by Crippen LogP contribution is -2.18. The predicted octanol–water partition coefficient (Wildman–Crippen LogP) is 5.53. The van der Waals surface area contributed by atoms with Gasteiger partial charge in [0, 0.05) is 27.5 Å². The third-order valence-electron chi connectivity index (χ3n) is 4.65. The zero-order valence-corrected chi connectivity index (χ0v) is 19.4. The van der Waals surface area contributed by atoms with E-state index < -0.39 is 0 Å². The number of hydrogen-bond acceptors (Lipinski definition) is 6. The zero-order valence-electron chi connectivity index (χ0n) is 16.2. The summed E-state index contributed by atoms with van der Waals surface area (Å²) in [6.07, 6.45) is 2.21. The Kier molecular flexibility index (Phi) is 7.00. The molecule has 1 fully saturated rings. The van der Waals surface area contributed by atoms with E-state index in [9.17, 15) is 4.79 Å². The van der Waals surface area contributed by atoms with E-state index in [-0.39, 0.29) is 17.8 Å². The molecule has 1 atom stereocenters. The highest BCUT2D eigenvalue weighted by molar-refractivity contribution is 7.99. The molecule has 1 N–H and O–H groups in total. The van der Waals surface area contributed by atoms with Crippen molar-refractivity contribution < 1.29 is 9.53 Å². The minimum absolute atomic E-state index is 0.137. The number of amides is 1. The van der Waals surface area contributed by atoms with Crippen LogP contribution in [0.1, 0.15) is 17.7 Å². The van der Waals surface area contributed by atoms with Gasteiger partial charge in [0.15, 0.2) is 11.0 Å². The summed E-state index contributed by atoms with van der Waals surface area (Å²) in [4.78, 5) is 13.7. The van der Waals surface area contributed by atoms with Gasteiger partial charge in [-0.3, -0.25) is 9.36 Å². The fraction of sp³-hybridized carbons (Fsp3) is 0.350. The number of carbonyl (C=O) groups is 1. The molecule has 1 unspecified atom stereocenters. The SMILES string of the molecule is Cc1cc(-c2nnc(SCC(=O)Nc3cc(Cl)ccc3Cl)n2CC2CCCO2)cs1. The van der Waals surface area contributed by atoms with Gasteiger partial charge in [0.2, 0.25) is 5.91 Å². The van der Waals surface area contributed by atoms with Crippen LogP contribution in [0.15, 0.2) is 34.8 Å². The fourth-order valence-corrected chi connectivity index (χ4v) is 5.00. The number of aromatic nitrogens is 3. The monoisotopic (exact) mass is 482 g/mol. The first kappa shape index (κ1) is 21.6. The number of nitrogens with one attached hydrogen (secondary N) is 1. The first-order valence-electron chi connectivity index (χ1n) is 9.47. The highest BCUT2D eigenvalue weighted by atomic mass is 35.5. The Morgan fingerprint density at radius 3 is 2.97 bits per heavy atom. The fourth-order valence-electron chi connectivity index (χ4n) is 3.24. The molecule has 1 aliphatic heterocycles. The highest BCUT2D eigenvalue weighted by Crippen LogP contribution is 2.30. The molecule has 10 heteroatoms. The van der Waals surface area contributed by atoms with Crippen LogP contribution >= 0.6 is 46.3 Å². The average molecular weight is 483 g/mol. The summed E-state index contributed by atoms with van der Waals surface area (Å²) in [7, 11) is 0. The molecule has 0 spiro atoms. The second kappa shape index (κ2) is 9.70. The molecule has 0 bridgehead atoms.